The first-order chi connectivity index (χ1) is 14.5. The number of carbonyl (C=O) groups is 1. The topological polar surface area (TPSA) is 79.4 Å². The van der Waals surface area contributed by atoms with Crippen molar-refractivity contribution < 1.29 is 14.6 Å². The van der Waals surface area contributed by atoms with Crippen LogP contribution in [0.4, 0.5) is 0 Å². The maximum atomic E-state index is 12.6. The molecule has 2 heterocycles. The van der Waals surface area contributed by atoms with Gasteiger partial charge in [-0.15, -0.1) is 0 Å². The second-order valence-corrected chi connectivity index (χ2v) is 8.52. The van der Waals surface area contributed by atoms with Gasteiger partial charge < -0.3 is 14.8 Å². The van der Waals surface area contributed by atoms with E-state index in [-0.39, 0.29) is 12.0 Å². The van der Waals surface area contributed by atoms with Crippen LogP contribution in [0.15, 0.2) is 41.2 Å². The van der Waals surface area contributed by atoms with Crippen LogP contribution < -0.4 is 5.56 Å². The lowest BCUT2D eigenvalue weighted by Crippen LogP contribution is -2.14. The van der Waals surface area contributed by atoms with E-state index in [9.17, 15) is 9.59 Å². The predicted octanol–water partition coefficient (Wildman–Crippen LogP) is 4.44. The average molecular weight is 408 g/mol. The van der Waals surface area contributed by atoms with Gasteiger partial charge in [-0.05, 0) is 67.7 Å². The molecule has 0 unspecified atom stereocenters. The summed E-state index contributed by atoms with van der Waals surface area (Å²) in [6, 6.07) is 10.3. The second kappa shape index (κ2) is 9.00. The normalized spacial score (nSPS) is 19.2. The number of aliphatic carboxylic acids is 1. The van der Waals surface area contributed by atoms with Crippen LogP contribution in [0, 0.1) is 12.8 Å². The van der Waals surface area contributed by atoms with Gasteiger partial charge in [0.05, 0.1) is 6.61 Å². The summed E-state index contributed by atoms with van der Waals surface area (Å²) < 4.78 is 5.55. The first-order valence-electron chi connectivity index (χ1n) is 10.9. The Balaban J connectivity index is 1.64. The highest BCUT2D eigenvalue weighted by molar-refractivity contribution is 5.78. The van der Waals surface area contributed by atoms with Crippen LogP contribution in [0.2, 0.25) is 0 Å². The van der Waals surface area contributed by atoms with Gasteiger partial charge in [-0.2, -0.15) is 0 Å². The third-order valence-corrected chi connectivity index (χ3v) is 6.10. The van der Waals surface area contributed by atoms with Gasteiger partial charge in [-0.25, -0.2) is 0 Å². The lowest BCUT2D eigenvalue weighted by Gasteiger charge is -2.14. The van der Waals surface area contributed by atoms with Crippen molar-refractivity contribution in [3.05, 3.63) is 74.7 Å². The molecule has 5 nitrogen and oxygen atoms in total. The zero-order chi connectivity index (χ0) is 21.1. The van der Waals surface area contributed by atoms with E-state index in [2.05, 4.69) is 36.2 Å². The van der Waals surface area contributed by atoms with Gasteiger partial charge in [0, 0.05) is 35.8 Å². The number of pyridine rings is 1. The van der Waals surface area contributed by atoms with Crippen molar-refractivity contribution in [1.82, 2.24) is 4.98 Å². The Morgan fingerprint density at radius 3 is 2.70 bits per heavy atom. The number of aromatic amines is 1. The van der Waals surface area contributed by atoms with Gasteiger partial charge in [-0.1, -0.05) is 30.3 Å². The zero-order valence-corrected chi connectivity index (χ0v) is 17.4. The Kier molecular flexibility index (Phi) is 6.18. The summed E-state index contributed by atoms with van der Waals surface area (Å²) in [5.41, 5.74) is 6.16. The van der Waals surface area contributed by atoms with Gasteiger partial charge in [-0.3, -0.25) is 9.59 Å². The number of carboxylic acid groups (broad SMARTS) is 1. The van der Waals surface area contributed by atoms with E-state index in [1.54, 1.807) is 0 Å². The number of aromatic nitrogens is 1. The molecule has 30 heavy (non-hydrogen) atoms. The molecule has 2 fully saturated rings. The minimum absolute atomic E-state index is 0.0191. The Labute approximate surface area is 176 Å². The molecule has 5 heteroatoms. The minimum Gasteiger partial charge on any atom is -0.481 e. The average Bonchev–Trinajstić information content (AvgIpc) is 3.42. The second-order valence-electron chi connectivity index (χ2n) is 8.52. The lowest BCUT2D eigenvalue weighted by atomic mass is 9.92. The van der Waals surface area contributed by atoms with Crippen molar-refractivity contribution in [1.29, 1.82) is 0 Å². The standard InChI is InChI=1S/C25H29NO4/c1-16-13-20(8-5-18(16)3-2-4-24(27)28)22(14-17-11-12-30-15-17)23-10-9-21(19-6-7-19)25(29)26-23/h5,8-10,13-14,17,19H,2-4,6-7,11-12,15H2,1H3,(H,26,29)(H,27,28)/b22-14+/t17-/m1/s1. The summed E-state index contributed by atoms with van der Waals surface area (Å²) in [6.45, 7) is 3.54. The van der Waals surface area contributed by atoms with Gasteiger partial charge in [0.25, 0.3) is 5.56 Å². The first kappa shape index (κ1) is 20.6. The summed E-state index contributed by atoms with van der Waals surface area (Å²) in [7, 11) is 0. The summed E-state index contributed by atoms with van der Waals surface area (Å²) in [5, 5.41) is 8.87. The number of hydrogen-bond donors (Lipinski definition) is 2. The van der Waals surface area contributed by atoms with Crippen molar-refractivity contribution in [2.75, 3.05) is 13.2 Å². The smallest absolute Gasteiger partial charge is 0.303 e. The largest absolute Gasteiger partial charge is 0.481 e. The van der Waals surface area contributed by atoms with Crippen LogP contribution in [0.3, 0.4) is 0 Å². The summed E-state index contributed by atoms with van der Waals surface area (Å²) in [6.07, 6.45) is 6.99. The quantitative estimate of drug-likeness (QED) is 0.678. The molecule has 2 aromatic rings. The predicted molar refractivity (Wildman–Crippen MR) is 117 cm³/mol. The van der Waals surface area contributed by atoms with E-state index in [1.165, 1.54) is 5.56 Å². The molecule has 1 saturated heterocycles. The van der Waals surface area contributed by atoms with E-state index >= 15 is 0 Å². The number of rotatable bonds is 8. The molecule has 4 rings (SSSR count). The minimum atomic E-state index is -0.758. The fourth-order valence-electron chi connectivity index (χ4n) is 4.19. The molecule has 1 saturated carbocycles. The highest BCUT2D eigenvalue weighted by atomic mass is 16.5. The van der Waals surface area contributed by atoms with Crippen LogP contribution in [0.1, 0.15) is 66.0 Å². The molecule has 0 spiro atoms. The van der Waals surface area contributed by atoms with Crippen LogP contribution in [-0.2, 0) is 16.0 Å². The molecule has 1 aliphatic heterocycles. The van der Waals surface area contributed by atoms with E-state index in [0.29, 0.717) is 24.9 Å². The van der Waals surface area contributed by atoms with Crippen molar-refractivity contribution >= 4 is 11.5 Å². The molecule has 0 amide bonds. The van der Waals surface area contributed by atoms with Crippen molar-refractivity contribution in [2.24, 2.45) is 5.92 Å². The molecule has 2 N–H and O–H groups in total. The fourth-order valence-corrected chi connectivity index (χ4v) is 4.19. The fraction of sp³-hybridized carbons (Fsp3) is 0.440. The van der Waals surface area contributed by atoms with Crippen molar-refractivity contribution in [2.45, 2.75) is 51.4 Å². The number of ether oxygens (including phenoxy) is 1. The lowest BCUT2D eigenvalue weighted by molar-refractivity contribution is -0.137. The van der Waals surface area contributed by atoms with Crippen LogP contribution in [0.5, 0.6) is 0 Å². The van der Waals surface area contributed by atoms with Crippen LogP contribution >= 0.6 is 0 Å². The monoisotopic (exact) mass is 407 g/mol. The van der Waals surface area contributed by atoms with E-state index in [4.69, 9.17) is 9.84 Å². The molecule has 1 atom stereocenters. The van der Waals surface area contributed by atoms with E-state index < -0.39 is 5.97 Å². The van der Waals surface area contributed by atoms with Crippen molar-refractivity contribution in [3.8, 4) is 0 Å². The maximum absolute atomic E-state index is 12.6. The summed E-state index contributed by atoms with van der Waals surface area (Å²) in [4.78, 5) is 26.5. The molecule has 1 aliphatic carbocycles. The first-order valence-corrected chi connectivity index (χ1v) is 10.9. The molecule has 158 valence electrons. The number of aryl methyl sites for hydroxylation is 2. The van der Waals surface area contributed by atoms with E-state index in [0.717, 1.165) is 60.2 Å². The number of benzene rings is 1. The summed E-state index contributed by atoms with van der Waals surface area (Å²) in [5.74, 6) is -0.000161. The SMILES string of the molecule is Cc1cc(/C(=C\[C@H]2CCOC2)c2ccc(C3CC3)c(=O)[nH]2)ccc1CCCC(=O)O. The summed E-state index contributed by atoms with van der Waals surface area (Å²) >= 11 is 0. The highest BCUT2D eigenvalue weighted by Crippen LogP contribution is 2.38. The molecule has 2 aliphatic rings. The van der Waals surface area contributed by atoms with E-state index in [1.807, 2.05) is 12.1 Å². The number of hydrogen-bond acceptors (Lipinski definition) is 3. The zero-order valence-electron chi connectivity index (χ0n) is 17.4. The Morgan fingerprint density at radius 1 is 1.23 bits per heavy atom. The van der Waals surface area contributed by atoms with Gasteiger partial charge in [0.15, 0.2) is 0 Å². The third kappa shape index (κ3) is 4.90. The van der Waals surface area contributed by atoms with Crippen LogP contribution in [-0.4, -0.2) is 29.3 Å². The number of H-pyrrole nitrogens is 1. The van der Waals surface area contributed by atoms with Gasteiger partial charge in [0.1, 0.15) is 0 Å². The number of carboxylic acids is 1. The van der Waals surface area contributed by atoms with Gasteiger partial charge in [0.2, 0.25) is 0 Å². The third-order valence-electron chi connectivity index (χ3n) is 6.10. The molecule has 0 bridgehead atoms. The number of nitrogens with one attached hydrogen (secondary N) is 1. The van der Waals surface area contributed by atoms with Gasteiger partial charge >= 0.3 is 5.97 Å². The van der Waals surface area contributed by atoms with Crippen molar-refractivity contribution in [3.63, 3.8) is 0 Å². The highest BCUT2D eigenvalue weighted by Gasteiger charge is 2.26. The van der Waals surface area contributed by atoms with Crippen LogP contribution in [0.25, 0.3) is 5.57 Å². The molecule has 1 aromatic carbocycles. The Bertz CT molecular complexity index is 1010. The molecule has 0 radical (unpaired) electrons. The maximum Gasteiger partial charge on any atom is 0.303 e. The molecule has 1 aromatic heterocycles. The Morgan fingerprint density at radius 2 is 2.07 bits per heavy atom. The molecular formula is C25H29NO4. The molecular weight excluding hydrogens is 378 g/mol. The Hall–Kier alpha value is -2.66.